The van der Waals surface area contributed by atoms with Crippen LogP contribution in [0.4, 0.5) is 11.4 Å². The summed E-state index contributed by atoms with van der Waals surface area (Å²) in [6.45, 7) is 5.69. The molecule has 0 amide bonds. The van der Waals surface area contributed by atoms with Crippen LogP contribution < -0.4 is 5.32 Å². The van der Waals surface area contributed by atoms with E-state index in [1.165, 1.54) is 6.07 Å². The number of hydrogen-bond acceptors (Lipinski definition) is 4. The van der Waals surface area contributed by atoms with Gasteiger partial charge < -0.3 is 5.32 Å². The lowest BCUT2D eigenvalue weighted by atomic mass is 10.3. The van der Waals surface area contributed by atoms with Gasteiger partial charge in [0.15, 0.2) is 0 Å². The number of non-ortho nitro benzene ring substituents is 1. The Labute approximate surface area is 136 Å². The molecule has 0 fully saturated rings. The van der Waals surface area contributed by atoms with Crippen molar-refractivity contribution in [3.8, 4) is 0 Å². The summed E-state index contributed by atoms with van der Waals surface area (Å²) in [5.74, 6) is 0. The van der Waals surface area contributed by atoms with Crippen molar-refractivity contribution < 1.29 is 4.92 Å². The highest BCUT2D eigenvalue weighted by Gasteiger charge is 2.08. The van der Waals surface area contributed by atoms with Gasteiger partial charge in [0.2, 0.25) is 0 Å². The normalized spacial score (nSPS) is 10.6. The Morgan fingerprint density at radius 2 is 2.14 bits per heavy atom. The third kappa shape index (κ3) is 4.16. The van der Waals surface area contributed by atoms with Crippen molar-refractivity contribution in [2.24, 2.45) is 0 Å². The van der Waals surface area contributed by atoms with Crippen molar-refractivity contribution in [3.05, 3.63) is 49.3 Å². The second kappa shape index (κ2) is 6.88. The molecule has 0 radical (unpaired) electrons. The fourth-order valence-electron chi connectivity index (χ4n) is 2.11. The number of aryl methyl sites for hydroxylation is 3. The molecule has 1 aromatic heterocycles. The molecule has 1 heterocycles. The summed E-state index contributed by atoms with van der Waals surface area (Å²) in [4.78, 5) is 10.3. The van der Waals surface area contributed by atoms with E-state index in [4.69, 9.17) is 0 Å². The molecular weight excluding hydrogens is 383 g/mol. The minimum absolute atomic E-state index is 0.118. The van der Waals surface area contributed by atoms with Gasteiger partial charge >= 0.3 is 0 Å². The Morgan fingerprint density at radius 1 is 1.38 bits per heavy atom. The van der Waals surface area contributed by atoms with Crippen LogP contribution in [0.15, 0.2) is 24.3 Å². The summed E-state index contributed by atoms with van der Waals surface area (Å²) in [5, 5.41) is 18.4. The average Bonchev–Trinajstić information content (AvgIpc) is 2.74. The predicted molar refractivity (Wildman–Crippen MR) is 90.6 cm³/mol. The minimum Gasteiger partial charge on any atom is -0.384 e. The third-order valence-electron chi connectivity index (χ3n) is 3.13. The molecule has 1 N–H and O–H groups in total. The molecule has 1 aromatic carbocycles. The van der Waals surface area contributed by atoms with Crippen molar-refractivity contribution in [1.82, 2.24) is 9.78 Å². The van der Waals surface area contributed by atoms with Crippen LogP contribution in [0.5, 0.6) is 0 Å². The van der Waals surface area contributed by atoms with Gasteiger partial charge in [0, 0.05) is 40.2 Å². The summed E-state index contributed by atoms with van der Waals surface area (Å²) in [7, 11) is 0. The van der Waals surface area contributed by atoms with E-state index in [9.17, 15) is 10.1 Å². The molecule has 7 heteroatoms. The van der Waals surface area contributed by atoms with E-state index in [-0.39, 0.29) is 10.6 Å². The van der Waals surface area contributed by atoms with E-state index >= 15 is 0 Å². The smallest absolute Gasteiger partial charge is 0.270 e. The highest BCUT2D eigenvalue weighted by molar-refractivity contribution is 14.1. The zero-order chi connectivity index (χ0) is 15.4. The average molecular weight is 400 g/mol. The number of nitrogens with one attached hydrogen (secondary N) is 1. The topological polar surface area (TPSA) is 73.0 Å². The van der Waals surface area contributed by atoms with Crippen molar-refractivity contribution in [3.63, 3.8) is 0 Å². The number of hydrogen-bond donors (Lipinski definition) is 1. The lowest BCUT2D eigenvalue weighted by molar-refractivity contribution is -0.384. The molecule has 6 nitrogen and oxygen atoms in total. The molecular formula is C14H17IN4O2. The fourth-order valence-corrected chi connectivity index (χ4v) is 2.80. The molecule has 0 aliphatic rings. The molecule has 0 saturated heterocycles. The second-order valence-corrected chi connectivity index (χ2v) is 6.01. The largest absolute Gasteiger partial charge is 0.384 e. The first-order valence-electron chi connectivity index (χ1n) is 6.66. The predicted octanol–water partition coefficient (Wildman–Crippen LogP) is 3.51. The van der Waals surface area contributed by atoms with Gasteiger partial charge in [-0.1, -0.05) is 0 Å². The number of halogens is 1. The first kappa shape index (κ1) is 15.7. The van der Waals surface area contributed by atoms with Crippen molar-refractivity contribution >= 4 is 34.0 Å². The van der Waals surface area contributed by atoms with Gasteiger partial charge in [-0.3, -0.25) is 14.8 Å². The Kier molecular flexibility index (Phi) is 5.16. The van der Waals surface area contributed by atoms with Crippen LogP contribution in [0, 0.1) is 27.5 Å². The highest BCUT2D eigenvalue weighted by atomic mass is 127. The van der Waals surface area contributed by atoms with E-state index in [1.54, 1.807) is 12.1 Å². The first-order valence-corrected chi connectivity index (χ1v) is 7.74. The van der Waals surface area contributed by atoms with Gasteiger partial charge in [-0.25, -0.2) is 0 Å². The summed E-state index contributed by atoms with van der Waals surface area (Å²) >= 11 is 2.11. The molecule has 0 spiro atoms. The Hall–Kier alpha value is -1.64. The van der Waals surface area contributed by atoms with Crippen molar-refractivity contribution in [2.75, 3.05) is 11.9 Å². The van der Waals surface area contributed by atoms with E-state index in [2.05, 4.69) is 39.1 Å². The number of nitrogens with zero attached hydrogens (tertiary/aromatic N) is 3. The zero-order valence-electron chi connectivity index (χ0n) is 12.0. The maximum absolute atomic E-state index is 10.7. The molecule has 21 heavy (non-hydrogen) atoms. The van der Waals surface area contributed by atoms with Gasteiger partial charge in [-0.2, -0.15) is 5.10 Å². The van der Waals surface area contributed by atoms with Crippen LogP contribution in [0.1, 0.15) is 17.8 Å². The van der Waals surface area contributed by atoms with Gasteiger partial charge in [0.1, 0.15) is 0 Å². The van der Waals surface area contributed by atoms with Gasteiger partial charge in [0.05, 0.1) is 10.6 Å². The number of nitro groups is 1. The maximum Gasteiger partial charge on any atom is 0.270 e. The maximum atomic E-state index is 10.7. The van der Waals surface area contributed by atoms with E-state index in [0.29, 0.717) is 0 Å². The van der Waals surface area contributed by atoms with Crippen LogP contribution in [0.2, 0.25) is 0 Å². The van der Waals surface area contributed by atoms with E-state index in [0.717, 1.165) is 40.2 Å². The summed E-state index contributed by atoms with van der Waals surface area (Å²) in [6, 6.07) is 6.91. The molecule has 0 aliphatic heterocycles. The molecule has 0 atom stereocenters. The summed E-state index contributed by atoms with van der Waals surface area (Å²) in [5.41, 5.74) is 3.24. The highest BCUT2D eigenvalue weighted by Crippen LogP contribution is 2.23. The molecule has 0 saturated carbocycles. The van der Waals surface area contributed by atoms with Crippen molar-refractivity contribution in [1.29, 1.82) is 0 Å². The molecule has 0 unspecified atom stereocenters. The SMILES string of the molecule is Cc1cc(C)n(CCCNc2ccc([N+](=O)[O-])cc2I)n1. The quantitative estimate of drug-likeness (QED) is 0.349. The summed E-state index contributed by atoms with van der Waals surface area (Å²) in [6.07, 6.45) is 0.940. The number of rotatable bonds is 6. The monoisotopic (exact) mass is 400 g/mol. The number of benzene rings is 1. The number of nitro benzene ring substituents is 1. The van der Waals surface area contributed by atoms with Gasteiger partial charge in [-0.05, 0) is 55.0 Å². The molecule has 2 rings (SSSR count). The summed E-state index contributed by atoms with van der Waals surface area (Å²) < 4.78 is 2.85. The Balaban J connectivity index is 1.86. The van der Waals surface area contributed by atoms with Gasteiger partial charge in [-0.15, -0.1) is 0 Å². The molecule has 112 valence electrons. The minimum atomic E-state index is -0.380. The van der Waals surface area contributed by atoms with Crippen LogP contribution >= 0.6 is 22.6 Å². The fraction of sp³-hybridized carbons (Fsp3) is 0.357. The standard InChI is InChI=1S/C14H17IN4O2/c1-10-8-11(2)18(17-10)7-3-6-16-14-5-4-12(19(20)21)9-13(14)15/h4-5,8-9,16H,3,6-7H2,1-2H3. The third-order valence-corrected chi connectivity index (χ3v) is 4.02. The lowest BCUT2D eigenvalue weighted by Gasteiger charge is -2.09. The number of aromatic nitrogens is 2. The molecule has 2 aromatic rings. The van der Waals surface area contributed by atoms with Crippen LogP contribution in [0.25, 0.3) is 0 Å². The van der Waals surface area contributed by atoms with E-state index < -0.39 is 0 Å². The Bertz CT molecular complexity index is 654. The van der Waals surface area contributed by atoms with Crippen LogP contribution in [-0.2, 0) is 6.54 Å². The van der Waals surface area contributed by atoms with E-state index in [1.807, 2.05) is 18.5 Å². The lowest BCUT2D eigenvalue weighted by Crippen LogP contribution is -2.09. The van der Waals surface area contributed by atoms with Crippen LogP contribution in [-0.4, -0.2) is 21.2 Å². The number of anilines is 1. The van der Waals surface area contributed by atoms with Crippen LogP contribution in [0.3, 0.4) is 0 Å². The molecule has 0 bridgehead atoms. The first-order chi connectivity index (χ1) is 9.97. The van der Waals surface area contributed by atoms with Crippen molar-refractivity contribution in [2.45, 2.75) is 26.8 Å². The second-order valence-electron chi connectivity index (χ2n) is 4.85. The Morgan fingerprint density at radius 3 is 2.71 bits per heavy atom. The molecule has 0 aliphatic carbocycles. The van der Waals surface area contributed by atoms with Gasteiger partial charge in [0.25, 0.3) is 5.69 Å². The zero-order valence-corrected chi connectivity index (χ0v) is 14.1.